The lowest BCUT2D eigenvalue weighted by atomic mass is 10.0. The summed E-state index contributed by atoms with van der Waals surface area (Å²) in [6.07, 6.45) is 1.57. The molecule has 1 heterocycles. The largest absolute Gasteiger partial charge is 0.466 e. The fourth-order valence-electron chi connectivity index (χ4n) is 1.68. The number of halogens is 3. The maximum Gasteiger partial charge on any atom is 0.142 e. The predicted octanol–water partition coefficient (Wildman–Crippen LogP) is 4.14. The molecule has 2 rings (SSSR count). The van der Waals surface area contributed by atoms with Gasteiger partial charge in [0, 0.05) is 0 Å². The minimum atomic E-state index is -0.438. The van der Waals surface area contributed by atoms with Crippen molar-refractivity contribution in [2.45, 2.75) is 6.04 Å². The zero-order valence-electron chi connectivity index (χ0n) is 9.01. The molecular formula is C12H10BrClFNO. The first-order valence-electron chi connectivity index (χ1n) is 4.99. The van der Waals surface area contributed by atoms with Crippen LogP contribution in [0.15, 0.2) is 39.4 Å². The van der Waals surface area contributed by atoms with Crippen LogP contribution < -0.4 is 5.32 Å². The van der Waals surface area contributed by atoms with E-state index in [2.05, 4.69) is 21.2 Å². The van der Waals surface area contributed by atoms with Gasteiger partial charge in [-0.3, -0.25) is 0 Å². The highest BCUT2D eigenvalue weighted by Crippen LogP contribution is 2.33. The van der Waals surface area contributed by atoms with E-state index in [-0.39, 0.29) is 11.1 Å². The Morgan fingerprint density at radius 3 is 2.76 bits per heavy atom. The van der Waals surface area contributed by atoms with Crippen LogP contribution in [0.25, 0.3) is 0 Å². The summed E-state index contributed by atoms with van der Waals surface area (Å²) in [5.41, 5.74) is 0.643. The highest BCUT2D eigenvalue weighted by molar-refractivity contribution is 9.10. The molecule has 0 aliphatic carbocycles. The van der Waals surface area contributed by atoms with Crippen LogP contribution in [-0.2, 0) is 0 Å². The zero-order valence-corrected chi connectivity index (χ0v) is 11.3. The molecule has 0 saturated carbocycles. The predicted molar refractivity (Wildman–Crippen MR) is 68.7 cm³/mol. The number of hydrogen-bond donors (Lipinski definition) is 1. The standard InChI is InChI=1S/C12H10BrClFNO/c1-16-11(12-8(13)5-6-17-12)7-3-2-4-9(15)10(7)14/h2-6,11,16H,1H3. The SMILES string of the molecule is CNC(c1cccc(F)c1Cl)c1occc1Br. The van der Waals surface area contributed by atoms with E-state index in [9.17, 15) is 4.39 Å². The Labute approximate surface area is 112 Å². The molecule has 0 bridgehead atoms. The second-order valence-electron chi connectivity index (χ2n) is 3.50. The van der Waals surface area contributed by atoms with Gasteiger partial charge >= 0.3 is 0 Å². The Hall–Kier alpha value is -0.840. The van der Waals surface area contributed by atoms with Gasteiger partial charge in [-0.25, -0.2) is 4.39 Å². The average molecular weight is 319 g/mol. The molecule has 0 aliphatic heterocycles. The number of nitrogens with one attached hydrogen (secondary N) is 1. The third-order valence-corrected chi connectivity index (χ3v) is 3.54. The molecule has 0 radical (unpaired) electrons. The molecular weight excluding hydrogens is 308 g/mol. The molecule has 0 aliphatic rings. The maximum atomic E-state index is 13.4. The Kier molecular flexibility index (Phi) is 3.86. The minimum absolute atomic E-state index is 0.107. The topological polar surface area (TPSA) is 25.2 Å². The van der Waals surface area contributed by atoms with Crippen LogP contribution >= 0.6 is 27.5 Å². The summed E-state index contributed by atoms with van der Waals surface area (Å²) in [5.74, 6) is 0.229. The van der Waals surface area contributed by atoms with Gasteiger partial charge in [0.2, 0.25) is 0 Å². The van der Waals surface area contributed by atoms with Gasteiger partial charge in [-0.2, -0.15) is 0 Å². The summed E-state index contributed by atoms with van der Waals surface area (Å²) < 4.78 is 19.6. The Balaban J connectivity index is 2.50. The van der Waals surface area contributed by atoms with Gasteiger partial charge < -0.3 is 9.73 Å². The molecule has 1 aromatic carbocycles. The van der Waals surface area contributed by atoms with E-state index in [0.29, 0.717) is 11.3 Å². The van der Waals surface area contributed by atoms with Crippen LogP contribution in [-0.4, -0.2) is 7.05 Å². The van der Waals surface area contributed by atoms with Gasteiger partial charge in [0.15, 0.2) is 0 Å². The average Bonchev–Trinajstić information content (AvgIpc) is 2.72. The molecule has 1 atom stereocenters. The van der Waals surface area contributed by atoms with Gasteiger partial charge in [0.1, 0.15) is 11.6 Å². The highest BCUT2D eigenvalue weighted by Gasteiger charge is 2.21. The molecule has 0 amide bonds. The van der Waals surface area contributed by atoms with Crippen LogP contribution in [0.4, 0.5) is 4.39 Å². The Morgan fingerprint density at radius 2 is 2.18 bits per heavy atom. The maximum absolute atomic E-state index is 13.4. The van der Waals surface area contributed by atoms with E-state index >= 15 is 0 Å². The van der Waals surface area contributed by atoms with E-state index in [1.54, 1.807) is 31.5 Å². The molecule has 1 unspecified atom stereocenters. The second kappa shape index (κ2) is 5.21. The van der Waals surface area contributed by atoms with Crippen molar-refractivity contribution in [3.8, 4) is 0 Å². The summed E-state index contributed by atoms with van der Waals surface area (Å²) in [5, 5.41) is 3.16. The fraction of sp³-hybridized carbons (Fsp3) is 0.167. The molecule has 0 saturated heterocycles. The zero-order chi connectivity index (χ0) is 12.4. The third kappa shape index (κ3) is 2.39. The Bertz CT molecular complexity index is 529. The molecule has 90 valence electrons. The quantitative estimate of drug-likeness (QED) is 0.920. The number of benzene rings is 1. The molecule has 1 aromatic heterocycles. The monoisotopic (exact) mass is 317 g/mol. The first-order valence-corrected chi connectivity index (χ1v) is 6.16. The van der Waals surface area contributed by atoms with Crippen molar-refractivity contribution < 1.29 is 8.81 Å². The van der Waals surface area contributed by atoms with Crippen LogP contribution in [0, 0.1) is 5.82 Å². The van der Waals surface area contributed by atoms with Crippen LogP contribution in [0.5, 0.6) is 0 Å². The van der Waals surface area contributed by atoms with E-state index in [0.717, 1.165) is 4.47 Å². The van der Waals surface area contributed by atoms with Crippen LogP contribution in [0.1, 0.15) is 17.4 Å². The lowest BCUT2D eigenvalue weighted by molar-refractivity contribution is 0.460. The summed E-state index contributed by atoms with van der Waals surface area (Å²) in [7, 11) is 1.76. The number of hydrogen-bond acceptors (Lipinski definition) is 2. The third-order valence-electron chi connectivity index (χ3n) is 2.49. The smallest absolute Gasteiger partial charge is 0.142 e. The normalized spacial score (nSPS) is 12.7. The lowest BCUT2D eigenvalue weighted by Crippen LogP contribution is -2.18. The first kappa shape index (κ1) is 12.6. The van der Waals surface area contributed by atoms with Gasteiger partial charge in [-0.15, -0.1) is 0 Å². The van der Waals surface area contributed by atoms with Crippen molar-refractivity contribution >= 4 is 27.5 Å². The molecule has 5 heteroatoms. The van der Waals surface area contributed by atoms with Crippen LogP contribution in [0.2, 0.25) is 5.02 Å². The molecule has 0 fully saturated rings. The molecule has 0 spiro atoms. The lowest BCUT2D eigenvalue weighted by Gasteiger charge is -2.16. The van der Waals surface area contributed by atoms with Crippen molar-refractivity contribution in [2.75, 3.05) is 7.05 Å². The van der Waals surface area contributed by atoms with E-state index in [1.165, 1.54) is 6.07 Å². The van der Waals surface area contributed by atoms with Gasteiger partial charge in [-0.1, -0.05) is 23.7 Å². The summed E-state index contributed by atoms with van der Waals surface area (Å²) >= 11 is 9.34. The van der Waals surface area contributed by atoms with Gasteiger partial charge in [0.25, 0.3) is 0 Å². The molecule has 2 aromatic rings. The van der Waals surface area contributed by atoms with Crippen LogP contribution in [0.3, 0.4) is 0 Å². The minimum Gasteiger partial charge on any atom is -0.466 e. The summed E-state index contributed by atoms with van der Waals surface area (Å²) in [4.78, 5) is 0. The first-order chi connectivity index (χ1) is 8.15. The van der Waals surface area contributed by atoms with E-state index in [1.807, 2.05) is 0 Å². The number of rotatable bonds is 3. The van der Waals surface area contributed by atoms with Gasteiger partial charge in [0.05, 0.1) is 21.8 Å². The van der Waals surface area contributed by atoms with Crippen molar-refractivity contribution in [1.82, 2.24) is 5.32 Å². The van der Waals surface area contributed by atoms with Crippen molar-refractivity contribution in [2.24, 2.45) is 0 Å². The second-order valence-corrected chi connectivity index (χ2v) is 4.73. The molecule has 17 heavy (non-hydrogen) atoms. The summed E-state index contributed by atoms with van der Waals surface area (Å²) in [6.45, 7) is 0. The fourth-order valence-corrected chi connectivity index (χ4v) is 2.35. The highest BCUT2D eigenvalue weighted by atomic mass is 79.9. The van der Waals surface area contributed by atoms with Crippen molar-refractivity contribution in [1.29, 1.82) is 0 Å². The van der Waals surface area contributed by atoms with E-state index in [4.69, 9.17) is 16.0 Å². The number of furan rings is 1. The van der Waals surface area contributed by atoms with Gasteiger partial charge in [-0.05, 0) is 40.7 Å². The van der Waals surface area contributed by atoms with E-state index < -0.39 is 5.82 Å². The molecule has 1 N–H and O–H groups in total. The Morgan fingerprint density at radius 1 is 1.41 bits per heavy atom. The van der Waals surface area contributed by atoms with Crippen molar-refractivity contribution in [3.05, 3.63) is 57.2 Å². The van der Waals surface area contributed by atoms with Crippen molar-refractivity contribution in [3.63, 3.8) is 0 Å². The molecule has 2 nitrogen and oxygen atoms in total. The summed E-state index contributed by atoms with van der Waals surface area (Å²) in [6, 6.07) is 6.21.